The second-order valence-electron chi connectivity index (χ2n) is 4.78. The summed E-state index contributed by atoms with van der Waals surface area (Å²) in [4.78, 5) is 0. The van der Waals surface area contributed by atoms with Gasteiger partial charge in [-0.05, 0) is 36.8 Å². The van der Waals surface area contributed by atoms with E-state index in [0.717, 1.165) is 29.2 Å². The average molecular weight is 287 g/mol. The smallest absolute Gasteiger partial charge is 0.161 e. The Morgan fingerprint density at radius 3 is 2.52 bits per heavy atom. The molecule has 2 rings (SSSR count). The summed E-state index contributed by atoms with van der Waals surface area (Å²) in [7, 11) is 1.64. The molecule has 0 saturated carbocycles. The molecule has 0 spiro atoms. The molecular weight excluding hydrogens is 266 g/mol. The molecule has 2 aromatic carbocycles. The van der Waals surface area contributed by atoms with E-state index in [1.165, 1.54) is 0 Å². The summed E-state index contributed by atoms with van der Waals surface area (Å²) < 4.78 is 16.6. The fraction of sp³-hybridized carbons (Fsp3) is 0.294. The number of rotatable bonds is 7. The Hall–Kier alpha value is -2.36. The molecule has 0 fully saturated rings. The van der Waals surface area contributed by atoms with E-state index in [0.29, 0.717) is 18.9 Å². The minimum Gasteiger partial charge on any atom is -0.493 e. The van der Waals surface area contributed by atoms with Gasteiger partial charge in [0.25, 0.3) is 0 Å². The van der Waals surface area contributed by atoms with Gasteiger partial charge in [0.15, 0.2) is 11.5 Å². The molecule has 0 aromatic heterocycles. The Bertz CT molecular complexity index is 584. The van der Waals surface area contributed by atoms with Gasteiger partial charge in [0.2, 0.25) is 0 Å². The minimum atomic E-state index is 0.571. The number of ether oxygens (including phenoxy) is 3. The van der Waals surface area contributed by atoms with Gasteiger partial charge in [-0.3, -0.25) is 0 Å². The number of nitrogens with two attached hydrogens (primary N) is 1. The molecule has 0 aliphatic carbocycles. The normalized spacial score (nSPS) is 10.2. The molecule has 4 heteroatoms. The van der Waals surface area contributed by atoms with Gasteiger partial charge in [0, 0.05) is 18.2 Å². The second-order valence-corrected chi connectivity index (χ2v) is 4.78. The zero-order chi connectivity index (χ0) is 15.1. The maximum Gasteiger partial charge on any atom is 0.161 e. The maximum atomic E-state index is 5.72. The summed E-state index contributed by atoms with van der Waals surface area (Å²) in [5.41, 5.74) is 7.54. The number of aryl methyl sites for hydroxylation is 1. The van der Waals surface area contributed by atoms with E-state index in [2.05, 4.69) is 0 Å². The molecule has 21 heavy (non-hydrogen) atoms. The number of nitrogen functional groups attached to an aromatic ring is 1. The molecule has 4 nitrogen and oxygen atoms in total. The van der Waals surface area contributed by atoms with Gasteiger partial charge in [0.05, 0.1) is 20.3 Å². The van der Waals surface area contributed by atoms with E-state index in [-0.39, 0.29) is 0 Å². The number of benzene rings is 2. The van der Waals surface area contributed by atoms with Gasteiger partial charge < -0.3 is 19.9 Å². The first-order valence-electron chi connectivity index (χ1n) is 6.95. The fourth-order valence-corrected chi connectivity index (χ4v) is 1.93. The van der Waals surface area contributed by atoms with Crippen LogP contribution in [0.3, 0.4) is 0 Å². The number of hydrogen-bond acceptors (Lipinski definition) is 4. The van der Waals surface area contributed by atoms with Crippen LogP contribution in [0.1, 0.15) is 12.0 Å². The molecule has 2 aromatic rings. The zero-order valence-electron chi connectivity index (χ0n) is 12.5. The number of methoxy groups -OCH3 is 1. The summed E-state index contributed by atoms with van der Waals surface area (Å²) in [5.74, 6) is 2.29. The van der Waals surface area contributed by atoms with Crippen LogP contribution in [0.4, 0.5) is 5.69 Å². The van der Waals surface area contributed by atoms with Crippen molar-refractivity contribution < 1.29 is 14.2 Å². The molecule has 0 aliphatic heterocycles. The van der Waals surface area contributed by atoms with Crippen molar-refractivity contribution in [2.24, 2.45) is 0 Å². The topological polar surface area (TPSA) is 53.7 Å². The van der Waals surface area contributed by atoms with Gasteiger partial charge in [0.1, 0.15) is 5.75 Å². The summed E-state index contributed by atoms with van der Waals surface area (Å²) in [6, 6.07) is 13.3. The molecule has 0 heterocycles. The third-order valence-corrected chi connectivity index (χ3v) is 2.99. The third kappa shape index (κ3) is 4.60. The molecule has 0 saturated heterocycles. The Morgan fingerprint density at radius 1 is 0.952 bits per heavy atom. The first kappa shape index (κ1) is 15.0. The first-order chi connectivity index (χ1) is 10.2. The molecule has 0 aliphatic rings. The Balaban J connectivity index is 1.75. The van der Waals surface area contributed by atoms with Gasteiger partial charge in [-0.2, -0.15) is 0 Å². The lowest BCUT2D eigenvalue weighted by Crippen LogP contribution is -2.06. The van der Waals surface area contributed by atoms with Crippen LogP contribution in [0, 0.1) is 6.92 Å². The van der Waals surface area contributed by atoms with Crippen LogP contribution >= 0.6 is 0 Å². The van der Waals surface area contributed by atoms with Gasteiger partial charge >= 0.3 is 0 Å². The lowest BCUT2D eigenvalue weighted by atomic mass is 10.2. The van der Waals surface area contributed by atoms with Crippen LogP contribution in [0.2, 0.25) is 0 Å². The van der Waals surface area contributed by atoms with E-state index in [1.807, 2.05) is 49.4 Å². The molecule has 0 radical (unpaired) electrons. The zero-order valence-corrected chi connectivity index (χ0v) is 12.5. The highest BCUT2D eigenvalue weighted by Crippen LogP contribution is 2.27. The summed E-state index contributed by atoms with van der Waals surface area (Å²) in [5, 5.41) is 0. The number of hydrogen-bond donors (Lipinski definition) is 1. The van der Waals surface area contributed by atoms with Crippen LogP contribution < -0.4 is 19.9 Å². The minimum absolute atomic E-state index is 0.571. The summed E-state index contributed by atoms with van der Waals surface area (Å²) >= 11 is 0. The monoisotopic (exact) mass is 287 g/mol. The van der Waals surface area contributed by atoms with E-state index >= 15 is 0 Å². The quantitative estimate of drug-likeness (QED) is 0.626. The average Bonchev–Trinajstić information content (AvgIpc) is 2.48. The van der Waals surface area contributed by atoms with Gasteiger partial charge in [-0.15, -0.1) is 0 Å². The third-order valence-electron chi connectivity index (χ3n) is 2.99. The van der Waals surface area contributed by atoms with Crippen molar-refractivity contribution in [2.45, 2.75) is 13.3 Å². The van der Waals surface area contributed by atoms with E-state index in [1.54, 1.807) is 7.11 Å². The molecule has 0 unspecified atom stereocenters. The highest BCUT2D eigenvalue weighted by atomic mass is 16.5. The predicted octanol–water partition coefficient (Wildman–Crippen LogP) is 3.43. The van der Waals surface area contributed by atoms with E-state index in [4.69, 9.17) is 19.9 Å². The molecule has 112 valence electrons. The van der Waals surface area contributed by atoms with Crippen LogP contribution in [-0.4, -0.2) is 20.3 Å². The van der Waals surface area contributed by atoms with E-state index < -0.39 is 0 Å². The van der Waals surface area contributed by atoms with Crippen molar-refractivity contribution in [3.05, 3.63) is 48.0 Å². The van der Waals surface area contributed by atoms with Crippen molar-refractivity contribution in [1.29, 1.82) is 0 Å². The Morgan fingerprint density at radius 2 is 1.76 bits per heavy atom. The van der Waals surface area contributed by atoms with Crippen molar-refractivity contribution >= 4 is 5.69 Å². The van der Waals surface area contributed by atoms with E-state index in [9.17, 15) is 0 Å². The molecule has 0 amide bonds. The Labute approximate surface area is 125 Å². The molecule has 2 N–H and O–H groups in total. The predicted molar refractivity (Wildman–Crippen MR) is 84.2 cm³/mol. The van der Waals surface area contributed by atoms with Crippen molar-refractivity contribution in [1.82, 2.24) is 0 Å². The van der Waals surface area contributed by atoms with Crippen LogP contribution in [0.25, 0.3) is 0 Å². The highest BCUT2D eigenvalue weighted by Gasteiger charge is 2.04. The standard InChI is InChI=1S/C17H21NO3/c1-13-7-8-16(17(11-13)19-2)21-10-4-9-20-15-6-3-5-14(18)12-15/h3,5-8,11-12H,4,9-10,18H2,1-2H3. The van der Waals surface area contributed by atoms with Gasteiger partial charge in [-0.1, -0.05) is 12.1 Å². The Kier molecular flexibility index (Phi) is 5.32. The maximum absolute atomic E-state index is 5.72. The summed E-state index contributed by atoms with van der Waals surface area (Å²) in [6.45, 7) is 3.17. The second kappa shape index (κ2) is 7.43. The van der Waals surface area contributed by atoms with Crippen molar-refractivity contribution in [2.75, 3.05) is 26.1 Å². The summed E-state index contributed by atoms with van der Waals surface area (Å²) in [6.07, 6.45) is 0.784. The van der Waals surface area contributed by atoms with Crippen molar-refractivity contribution in [3.8, 4) is 17.2 Å². The van der Waals surface area contributed by atoms with Crippen LogP contribution in [-0.2, 0) is 0 Å². The molecule has 0 atom stereocenters. The highest BCUT2D eigenvalue weighted by molar-refractivity contribution is 5.43. The SMILES string of the molecule is COc1cc(C)ccc1OCCCOc1cccc(N)c1. The van der Waals surface area contributed by atoms with Gasteiger partial charge in [-0.25, -0.2) is 0 Å². The van der Waals surface area contributed by atoms with Crippen molar-refractivity contribution in [3.63, 3.8) is 0 Å². The molecular formula is C17H21NO3. The fourth-order valence-electron chi connectivity index (χ4n) is 1.93. The lowest BCUT2D eigenvalue weighted by Gasteiger charge is -2.11. The van der Waals surface area contributed by atoms with Crippen LogP contribution in [0.5, 0.6) is 17.2 Å². The lowest BCUT2D eigenvalue weighted by molar-refractivity contribution is 0.240. The molecule has 0 bridgehead atoms. The van der Waals surface area contributed by atoms with Crippen LogP contribution in [0.15, 0.2) is 42.5 Å². The number of anilines is 1. The largest absolute Gasteiger partial charge is 0.493 e. The first-order valence-corrected chi connectivity index (χ1v) is 6.95.